The molecule has 132 valence electrons. The molecule has 7 nitrogen and oxygen atoms in total. The number of aromatic carboxylic acids is 1. The highest BCUT2D eigenvalue weighted by Crippen LogP contribution is 2.19. The summed E-state index contributed by atoms with van der Waals surface area (Å²) in [6, 6.07) is 5.85. The van der Waals surface area contributed by atoms with E-state index in [2.05, 4.69) is 0 Å². The first-order chi connectivity index (χ1) is 11.3. The molecule has 1 atom stereocenters. The van der Waals surface area contributed by atoms with E-state index in [0.717, 1.165) is 0 Å². The molecular weight excluding hydrogens is 334 g/mol. The molecule has 0 spiro atoms. The average molecular weight is 355 g/mol. The van der Waals surface area contributed by atoms with Crippen molar-refractivity contribution in [1.29, 1.82) is 0 Å². The predicted molar refractivity (Wildman–Crippen MR) is 87.8 cm³/mol. The second-order valence-electron chi connectivity index (χ2n) is 5.82. The van der Waals surface area contributed by atoms with Crippen molar-refractivity contribution in [2.75, 3.05) is 31.8 Å². The number of nitrogens with zero attached hydrogens (tertiary/aromatic N) is 1. The van der Waals surface area contributed by atoms with E-state index in [1.54, 1.807) is 17.0 Å². The molecule has 0 saturated carbocycles. The van der Waals surface area contributed by atoms with Crippen LogP contribution < -0.4 is 0 Å². The van der Waals surface area contributed by atoms with E-state index < -0.39 is 15.8 Å². The second-order valence-corrected chi connectivity index (χ2v) is 8.05. The summed E-state index contributed by atoms with van der Waals surface area (Å²) in [5, 5.41) is 9.02. The molecule has 2 rings (SSSR count). The summed E-state index contributed by atoms with van der Waals surface area (Å²) in [6.45, 7) is 0.631. The summed E-state index contributed by atoms with van der Waals surface area (Å²) in [5.41, 5.74) is 0.704. The van der Waals surface area contributed by atoms with Gasteiger partial charge in [-0.3, -0.25) is 4.79 Å². The average Bonchev–Trinajstić information content (AvgIpc) is 2.87. The van der Waals surface area contributed by atoms with Gasteiger partial charge in [0.05, 0.1) is 30.1 Å². The third-order valence-electron chi connectivity index (χ3n) is 4.04. The number of ether oxygens (including phenoxy) is 1. The van der Waals surface area contributed by atoms with Crippen LogP contribution in [0.25, 0.3) is 0 Å². The molecule has 1 aromatic carbocycles. The monoisotopic (exact) mass is 355 g/mol. The number of rotatable bonds is 7. The molecule has 24 heavy (non-hydrogen) atoms. The molecule has 1 saturated heterocycles. The van der Waals surface area contributed by atoms with Gasteiger partial charge in [-0.25, -0.2) is 13.2 Å². The molecule has 0 aliphatic carbocycles. The van der Waals surface area contributed by atoms with Crippen LogP contribution in [-0.2, 0) is 25.8 Å². The number of methoxy groups -OCH3 is 1. The van der Waals surface area contributed by atoms with Gasteiger partial charge in [0.25, 0.3) is 0 Å². The Morgan fingerprint density at radius 3 is 2.71 bits per heavy atom. The molecular formula is C16H21NO6S. The third kappa shape index (κ3) is 4.78. The Bertz CT molecular complexity index is 715. The molecule has 0 aromatic heterocycles. The molecule has 1 aliphatic heterocycles. The summed E-state index contributed by atoms with van der Waals surface area (Å²) < 4.78 is 28.4. The number of hydrogen-bond acceptors (Lipinski definition) is 5. The normalized spacial score (nSPS) is 19.1. The summed E-state index contributed by atoms with van der Waals surface area (Å²) in [7, 11) is -1.58. The lowest BCUT2D eigenvalue weighted by Gasteiger charge is -2.28. The van der Waals surface area contributed by atoms with Crippen LogP contribution in [0.5, 0.6) is 0 Å². The van der Waals surface area contributed by atoms with Crippen LogP contribution in [0, 0.1) is 0 Å². The molecule has 1 unspecified atom stereocenters. The van der Waals surface area contributed by atoms with Crippen LogP contribution >= 0.6 is 0 Å². The number of carboxylic acid groups (broad SMARTS) is 1. The van der Waals surface area contributed by atoms with Crippen LogP contribution in [0.1, 0.15) is 22.3 Å². The fraction of sp³-hybridized carbons (Fsp3) is 0.500. The van der Waals surface area contributed by atoms with Crippen LogP contribution in [0.4, 0.5) is 0 Å². The SMILES string of the molecule is COCCN(C(=O)Cc1cccc(C(=O)O)c1)C1CCS(=O)(=O)C1. The van der Waals surface area contributed by atoms with Crippen molar-refractivity contribution in [3.8, 4) is 0 Å². The van der Waals surface area contributed by atoms with Crippen molar-refractivity contribution in [2.45, 2.75) is 18.9 Å². The lowest BCUT2D eigenvalue weighted by atomic mass is 10.1. The van der Waals surface area contributed by atoms with E-state index >= 15 is 0 Å². The Hall–Kier alpha value is -1.93. The molecule has 1 aromatic rings. The number of hydrogen-bond donors (Lipinski definition) is 1. The van der Waals surface area contributed by atoms with E-state index in [-0.39, 0.29) is 35.4 Å². The molecule has 1 aliphatic rings. The van der Waals surface area contributed by atoms with Gasteiger partial charge in [-0.1, -0.05) is 12.1 Å². The number of carboxylic acids is 1. The highest BCUT2D eigenvalue weighted by atomic mass is 32.2. The highest BCUT2D eigenvalue weighted by Gasteiger charge is 2.34. The van der Waals surface area contributed by atoms with Crippen molar-refractivity contribution < 1.29 is 27.9 Å². The zero-order chi connectivity index (χ0) is 17.7. The first kappa shape index (κ1) is 18.4. The van der Waals surface area contributed by atoms with Crippen molar-refractivity contribution >= 4 is 21.7 Å². The van der Waals surface area contributed by atoms with Gasteiger partial charge in [-0.15, -0.1) is 0 Å². The third-order valence-corrected chi connectivity index (χ3v) is 5.79. The van der Waals surface area contributed by atoms with Gasteiger partial charge in [-0.2, -0.15) is 0 Å². The maximum Gasteiger partial charge on any atom is 0.335 e. The van der Waals surface area contributed by atoms with Gasteiger partial charge < -0.3 is 14.7 Å². The minimum Gasteiger partial charge on any atom is -0.478 e. The summed E-state index contributed by atoms with van der Waals surface area (Å²) in [6.07, 6.45) is 0.453. The van der Waals surface area contributed by atoms with Crippen LogP contribution in [-0.4, -0.2) is 68.1 Å². The van der Waals surface area contributed by atoms with E-state index in [0.29, 0.717) is 25.1 Å². The number of carbonyl (C=O) groups is 2. The highest BCUT2D eigenvalue weighted by molar-refractivity contribution is 7.91. The number of carbonyl (C=O) groups excluding carboxylic acids is 1. The first-order valence-corrected chi connectivity index (χ1v) is 9.45. The van der Waals surface area contributed by atoms with E-state index in [1.165, 1.54) is 19.2 Å². The maximum absolute atomic E-state index is 12.6. The minimum atomic E-state index is -3.10. The maximum atomic E-state index is 12.6. The summed E-state index contributed by atoms with van der Waals surface area (Å²) >= 11 is 0. The Balaban J connectivity index is 2.13. The molecule has 1 amide bonds. The Morgan fingerprint density at radius 2 is 2.12 bits per heavy atom. The Labute approximate surface area is 141 Å². The lowest BCUT2D eigenvalue weighted by Crippen LogP contribution is -2.43. The van der Waals surface area contributed by atoms with Gasteiger partial charge in [0.15, 0.2) is 9.84 Å². The summed E-state index contributed by atoms with van der Waals surface area (Å²) in [5.74, 6) is -1.22. The van der Waals surface area contributed by atoms with Gasteiger partial charge in [-0.05, 0) is 24.1 Å². The fourth-order valence-electron chi connectivity index (χ4n) is 2.81. The Morgan fingerprint density at radius 1 is 1.38 bits per heavy atom. The number of amides is 1. The number of sulfone groups is 1. The van der Waals surface area contributed by atoms with Crippen molar-refractivity contribution in [3.63, 3.8) is 0 Å². The standard InChI is InChI=1S/C16H21NO6S/c1-23-7-6-17(14-5-8-24(21,22)11-14)15(18)10-12-3-2-4-13(9-12)16(19)20/h2-4,9,14H,5-8,10-11H2,1H3,(H,19,20). The molecule has 1 fully saturated rings. The van der Waals surface area contributed by atoms with E-state index in [9.17, 15) is 18.0 Å². The van der Waals surface area contributed by atoms with Crippen LogP contribution in [0.3, 0.4) is 0 Å². The zero-order valence-corrected chi connectivity index (χ0v) is 14.3. The fourth-order valence-corrected chi connectivity index (χ4v) is 4.54. The summed E-state index contributed by atoms with van der Waals surface area (Å²) in [4.78, 5) is 25.2. The van der Waals surface area contributed by atoms with Gasteiger partial charge in [0.2, 0.25) is 5.91 Å². The Kier molecular flexibility index (Phi) is 5.95. The second kappa shape index (κ2) is 7.76. The molecule has 0 radical (unpaired) electrons. The van der Waals surface area contributed by atoms with Crippen LogP contribution in [0.2, 0.25) is 0 Å². The zero-order valence-electron chi connectivity index (χ0n) is 13.5. The largest absolute Gasteiger partial charge is 0.478 e. The van der Waals surface area contributed by atoms with Gasteiger partial charge in [0, 0.05) is 19.7 Å². The van der Waals surface area contributed by atoms with E-state index in [1.807, 2.05) is 0 Å². The lowest BCUT2D eigenvalue weighted by molar-refractivity contribution is -0.133. The minimum absolute atomic E-state index is 0.0291. The molecule has 8 heteroatoms. The number of benzene rings is 1. The van der Waals surface area contributed by atoms with Gasteiger partial charge in [0.1, 0.15) is 0 Å². The van der Waals surface area contributed by atoms with Gasteiger partial charge >= 0.3 is 5.97 Å². The van der Waals surface area contributed by atoms with Crippen molar-refractivity contribution in [1.82, 2.24) is 4.90 Å². The van der Waals surface area contributed by atoms with Crippen molar-refractivity contribution in [3.05, 3.63) is 35.4 Å². The first-order valence-electron chi connectivity index (χ1n) is 7.63. The van der Waals surface area contributed by atoms with Crippen molar-refractivity contribution in [2.24, 2.45) is 0 Å². The van der Waals surface area contributed by atoms with Crippen LogP contribution in [0.15, 0.2) is 24.3 Å². The molecule has 1 N–H and O–H groups in total. The quantitative estimate of drug-likeness (QED) is 0.768. The topological polar surface area (TPSA) is 101 Å². The molecule has 0 bridgehead atoms. The predicted octanol–water partition coefficient (Wildman–Crippen LogP) is 0.589. The smallest absolute Gasteiger partial charge is 0.335 e. The molecule has 1 heterocycles. The van der Waals surface area contributed by atoms with E-state index in [4.69, 9.17) is 9.84 Å².